The molecule has 0 aliphatic carbocycles. The van der Waals surface area contributed by atoms with E-state index in [1.54, 1.807) is 18.2 Å². The fourth-order valence-electron chi connectivity index (χ4n) is 1.20. The molecule has 21 heavy (non-hydrogen) atoms. The molecule has 0 saturated heterocycles. The molecular weight excluding hydrogens is 448 g/mol. The summed E-state index contributed by atoms with van der Waals surface area (Å²) in [6.45, 7) is 4.35. The molecule has 0 aliphatic rings. The zero-order valence-corrected chi connectivity index (χ0v) is 15.8. The SMILES string of the molecule is CC.On1cc(F)s/c1=N\c1cccc(COSSI)n1. The first-order chi connectivity index (χ1) is 10.2. The molecular formula is C11H13FIN3O2S3. The minimum atomic E-state index is -0.517. The first-order valence-corrected chi connectivity index (χ1v) is 11.3. The van der Waals surface area contributed by atoms with Gasteiger partial charge in [0.25, 0.3) is 0 Å². The maximum atomic E-state index is 12.9. The summed E-state index contributed by atoms with van der Waals surface area (Å²) in [4.78, 5) is 8.42. The average molecular weight is 461 g/mol. The van der Waals surface area contributed by atoms with E-state index in [9.17, 15) is 9.60 Å². The van der Waals surface area contributed by atoms with Gasteiger partial charge in [-0.2, -0.15) is 14.1 Å². The molecule has 0 atom stereocenters. The Balaban J connectivity index is 0.00000106. The van der Waals surface area contributed by atoms with Gasteiger partial charge >= 0.3 is 0 Å². The van der Waals surface area contributed by atoms with Crippen molar-refractivity contribution in [3.8, 4) is 0 Å². The summed E-state index contributed by atoms with van der Waals surface area (Å²) in [6, 6.07) is 5.25. The maximum absolute atomic E-state index is 12.9. The third kappa shape index (κ3) is 6.55. The summed E-state index contributed by atoms with van der Waals surface area (Å²) in [5, 5.41) is 8.85. The molecule has 116 valence electrons. The van der Waals surface area contributed by atoms with E-state index in [1.807, 2.05) is 13.8 Å². The number of hydrogen-bond donors (Lipinski definition) is 1. The lowest BCUT2D eigenvalue weighted by atomic mass is 10.3. The van der Waals surface area contributed by atoms with E-state index < -0.39 is 5.13 Å². The predicted molar refractivity (Wildman–Crippen MR) is 94.3 cm³/mol. The van der Waals surface area contributed by atoms with Gasteiger partial charge in [-0.25, -0.2) is 4.98 Å². The molecule has 0 unspecified atom stereocenters. The Morgan fingerprint density at radius 1 is 1.52 bits per heavy atom. The number of rotatable bonds is 5. The van der Waals surface area contributed by atoms with E-state index in [2.05, 4.69) is 31.2 Å². The van der Waals surface area contributed by atoms with Crippen molar-refractivity contribution >= 4 is 57.4 Å². The van der Waals surface area contributed by atoms with Crippen LogP contribution in [0, 0.1) is 5.13 Å². The Labute approximate surface area is 145 Å². The number of nitrogens with zero attached hydrogens (tertiary/aromatic N) is 3. The topological polar surface area (TPSA) is 59.6 Å². The Morgan fingerprint density at radius 2 is 2.29 bits per heavy atom. The Kier molecular flexibility index (Phi) is 9.31. The zero-order valence-electron chi connectivity index (χ0n) is 11.2. The van der Waals surface area contributed by atoms with Crippen LogP contribution in [0.4, 0.5) is 10.2 Å². The number of pyridine rings is 1. The molecule has 1 N–H and O–H groups in total. The van der Waals surface area contributed by atoms with Crippen LogP contribution in [-0.2, 0) is 10.8 Å². The normalized spacial score (nSPS) is 11.1. The van der Waals surface area contributed by atoms with Gasteiger partial charge in [0.1, 0.15) is 6.61 Å². The molecule has 0 radical (unpaired) electrons. The lowest BCUT2D eigenvalue weighted by Gasteiger charge is -2.00. The molecule has 0 saturated carbocycles. The van der Waals surface area contributed by atoms with Gasteiger partial charge in [0.2, 0.25) is 4.80 Å². The largest absolute Gasteiger partial charge is 0.426 e. The van der Waals surface area contributed by atoms with E-state index in [0.29, 0.717) is 22.8 Å². The number of halogens is 2. The van der Waals surface area contributed by atoms with Gasteiger partial charge in [-0.05, 0) is 12.1 Å². The van der Waals surface area contributed by atoms with Gasteiger partial charge in [-0.15, -0.1) is 0 Å². The summed E-state index contributed by atoms with van der Waals surface area (Å²) in [7, 11) is 1.47. The number of thiazole rings is 1. The lowest BCUT2D eigenvalue weighted by molar-refractivity contribution is 0.176. The van der Waals surface area contributed by atoms with E-state index in [-0.39, 0.29) is 4.80 Å². The van der Waals surface area contributed by atoms with Crippen molar-refractivity contribution in [1.82, 2.24) is 9.71 Å². The van der Waals surface area contributed by atoms with Gasteiger partial charge in [-0.3, -0.25) is 4.18 Å². The van der Waals surface area contributed by atoms with E-state index in [1.165, 1.54) is 19.0 Å². The molecule has 0 amide bonds. The fourth-order valence-corrected chi connectivity index (χ4v) is 3.20. The molecule has 0 fully saturated rings. The highest BCUT2D eigenvalue weighted by molar-refractivity contribution is 14.2. The zero-order chi connectivity index (χ0) is 15.7. The highest BCUT2D eigenvalue weighted by Crippen LogP contribution is 2.30. The molecule has 5 nitrogen and oxygen atoms in total. The van der Waals surface area contributed by atoms with E-state index in [0.717, 1.165) is 17.5 Å². The molecule has 0 aromatic carbocycles. The summed E-state index contributed by atoms with van der Waals surface area (Å²) < 4.78 is 18.8. The van der Waals surface area contributed by atoms with Gasteiger partial charge in [0.15, 0.2) is 10.9 Å². The first-order valence-electron chi connectivity index (χ1n) is 5.84. The van der Waals surface area contributed by atoms with Crippen LogP contribution in [0.3, 0.4) is 0 Å². The second-order valence-corrected chi connectivity index (χ2v) is 8.63. The van der Waals surface area contributed by atoms with E-state index >= 15 is 0 Å². The van der Waals surface area contributed by atoms with Gasteiger partial charge in [0, 0.05) is 29.2 Å². The molecule has 2 aromatic rings. The molecule has 2 aromatic heterocycles. The van der Waals surface area contributed by atoms with Crippen molar-refractivity contribution in [1.29, 1.82) is 0 Å². The Morgan fingerprint density at radius 3 is 2.90 bits per heavy atom. The van der Waals surface area contributed by atoms with Crippen LogP contribution in [-0.4, -0.2) is 14.9 Å². The predicted octanol–water partition coefficient (Wildman–Crippen LogP) is 4.74. The van der Waals surface area contributed by atoms with Gasteiger partial charge in [0.05, 0.1) is 23.0 Å². The average Bonchev–Trinajstić information content (AvgIpc) is 2.80. The van der Waals surface area contributed by atoms with Crippen molar-refractivity contribution in [2.45, 2.75) is 20.5 Å². The fraction of sp³-hybridized carbons (Fsp3) is 0.273. The highest BCUT2D eigenvalue weighted by atomic mass is 127. The Hall–Kier alpha value is -0.300. The van der Waals surface area contributed by atoms with Crippen LogP contribution in [0.2, 0.25) is 0 Å². The molecule has 10 heteroatoms. The van der Waals surface area contributed by atoms with Gasteiger partial charge < -0.3 is 5.21 Å². The quantitative estimate of drug-likeness (QED) is 0.229. The maximum Gasteiger partial charge on any atom is 0.228 e. The van der Waals surface area contributed by atoms with Crippen molar-refractivity contribution in [2.75, 3.05) is 0 Å². The smallest absolute Gasteiger partial charge is 0.228 e. The monoisotopic (exact) mass is 461 g/mol. The van der Waals surface area contributed by atoms with Crippen LogP contribution >= 0.6 is 51.6 Å². The second kappa shape index (κ2) is 10.4. The number of hydrogen-bond acceptors (Lipinski definition) is 7. The van der Waals surface area contributed by atoms with Crippen LogP contribution in [0.1, 0.15) is 19.5 Å². The van der Waals surface area contributed by atoms with Crippen molar-refractivity contribution in [2.24, 2.45) is 4.99 Å². The lowest BCUT2D eigenvalue weighted by Crippen LogP contribution is -2.09. The second-order valence-electron chi connectivity index (χ2n) is 3.15. The van der Waals surface area contributed by atoms with Crippen LogP contribution in [0.15, 0.2) is 29.4 Å². The van der Waals surface area contributed by atoms with Crippen LogP contribution in [0.5, 0.6) is 0 Å². The molecule has 2 heterocycles. The Bertz CT molecular complexity index is 621. The summed E-state index contributed by atoms with van der Waals surface area (Å²) in [5.74, 6) is 0.387. The van der Waals surface area contributed by atoms with Gasteiger partial charge in [-0.1, -0.05) is 31.3 Å². The van der Waals surface area contributed by atoms with Crippen LogP contribution < -0.4 is 4.80 Å². The minimum Gasteiger partial charge on any atom is -0.426 e. The molecule has 2 rings (SSSR count). The summed E-state index contributed by atoms with van der Waals surface area (Å²) in [5.41, 5.74) is 0.709. The van der Waals surface area contributed by atoms with Crippen molar-refractivity contribution in [3.05, 3.63) is 40.0 Å². The number of aromatic nitrogens is 2. The molecule has 0 aliphatic heterocycles. The first kappa shape index (κ1) is 18.7. The van der Waals surface area contributed by atoms with Crippen LogP contribution in [0.25, 0.3) is 0 Å². The standard InChI is InChI=1S/C9H7FIN3O2S3.C2H6/c10-7-4-14(15)9(17-7)13-8-3-1-2-6(12-8)5-16-19-18-11;1-2/h1-4,15H,5H2;1-2H3/b13-9-;. The highest BCUT2D eigenvalue weighted by Gasteiger charge is 2.02. The molecule has 0 spiro atoms. The third-order valence-corrected chi connectivity index (χ3v) is 4.68. The summed E-state index contributed by atoms with van der Waals surface area (Å²) >= 11 is 4.10. The molecule has 0 bridgehead atoms. The third-order valence-electron chi connectivity index (χ3n) is 1.89. The van der Waals surface area contributed by atoms with Crippen molar-refractivity contribution in [3.63, 3.8) is 0 Å². The minimum absolute atomic E-state index is 0.125. The van der Waals surface area contributed by atoms with Crippen molar-refractivity contribution < 1.29 is 13.8 Å². The summed E-state index contributed by atoms with van der Waals surface area (Å²) in [6.07, 6.45) is 0.949. The van der Waals surface area contributed by atoms with E-state index in [4.69, 9.17) is 4.18 Å².